The Bertz CT molecular complexity index is 549. The summed E-state index contributed by atoms with van der Waals surface area (Å²) in [7, 11) is 0. The molecular weight excluding hydrogens is 284 g/mol. The first-order valence-electron chi connectivity index (χ1n) is 7.45. The van der Waals surface area contributed by atoms with Crippen LogP contribution in [0.1, 0.15) is 19.4 Å². The Morgan fingerprint density at radius 3 is 2.71 bits per heavy atom. The van der Waals surface area contributed by atoms with Gasteiger partial charge in [0.25, 0.3) is 0 Å². The number of nitrogens with zero attached hydrogens (tertiary/aromatic N) is 3. The zero-order valence-electron chi connectivity index (χ0n) is 12.7. The number of halogens is 1. The van der Waals surface area contributed by atoms with E-state index in [2.05, 4.69) is 29.2 Å². The molecule has 1 aromatic carbocycles. The summed E-state index contributed by atoms with van der Waals surface area (Å²) in [4.78, 5) is 2.39. The highest BCUT2D eigenvalue weighted by molar-refractivity contribution is 6.31. The van der Waals surface area contributed by atoms with E-state index in [-0.39, 0.29) is 0 Å². The largest absolute Gasteiger partial charge is 0.378 e. The molecule has 21 heavy (non-hydrogen) atoms. The van der Waals surface area contributed by atoms with Crippen molar-refractivity contribution < 1.29 is 0 Å². The average molecular weight is 307 g/mol. The van der Waals surface area contributed by atoms with Crippen LogP contribution < -0.4 is 5.32 Å². The summed E-state index contributed by atoms with van der Waals surface area (Å²) in [6.07, 6.45) is 3.90. The van der Waals surface area contributed by atoms with Crippen LogP contribution in [0.3, 0.4) is 0 Å². The number of benzene rings is 1. The van der Waals surface area contributed by atoms with E-state index in [1.165, 1.54) is 0 Å². The molecule has 0 saturated heterocycles. The minimum absolute atomic E-state index is 0.710. The maximum Gasteiger partial charge on any atom is 0.0729 e. The third-order valence-corrected chi connectivity index (χ3v) is 3.98. The molecule has 114 valence electrons. The van der Waals surface area contributed by atoms with E-state index in [4.69, 9.17) is 11.6 Å². The molecule has 0 bridgehead atoms. The van der Waals surface area contributed by atoms with E-state index in [1.807, 2.05) is 41.3 Å². The normalized spacial score (nSPS) is 11.0. The van der Waals surface area contributed by atoms with Crippen LogP contribution >= 0.6 is 11.6 Å². The van der Waals surface area contributed by atoms with E-state index >= 15 is 0 Å². The Labute approximate surface area is 131 Å². The zero-order valence-corrected chi connectivity index (χ0v) is 13.5. The second kappa shape index (κ2) is 8.05. The van der Waals surface area contributed by atoms with Gasteiger partial charge in [-0.05, 0) is 24.7 Å². The molecule has 0 aliphatic rings. The molecule has 0 radical (unpaired) electrons. The molecule has 0 aliphatic heterocycles. The van der Waals surface area contributed by atoms with Crippen LogP contribution in [-0.2, 0) is 13.1 Å². The molecule has 1 heterocycles. The van der Waals surface area contributed by atoms with Crippen molar-refractivity contribution in [2.24, 2.45) is 0 Å². The lowest BCUT2D eigenvalue weighted by molar-refractivity contribution is 0.285. The van der Waals surface area contributed by atoms with Crippen LogP contribution in [0.2, 0.25) is 5.02 Å². The number of nitrogens with one attached hydrogen (secondary N) is 1. The maximum atomic E-state index is 6.15. The highest BCUT2D eigenvalue weighted by atomic mass is 35.5. The summed E-state index contributed by atoms with van der Waals surface area (Å²) in [5.74, 6) is 0. The van der Waals surface area contributed by atoms with E-state index < -0.39 is 0 Å². The van der Waals surface area contributed by atoms with Crippen LogP contribution in [0, 0.1) is 0 Å². The van der Waals surface area contributed by atoms with Gasteiger partial charge in [0.15, 0.2) is 0 Å². The van der Waals surface area contributed by atoms with Crippen molar-refractivity contribution in [3.8, 4) is 0 Å². The zero-order chi connectivity index (χ0) is 15.1. The Balaban J connectivity index is 1.84. The molecule has 1 aromatic heterocycles. The lowest BCUT2D eigenvalue weighted by Gasteiger charge is -2.17. The van der Waals surface area contributed by atoms with Gasteiger partial charge in [0.2, 0.25) is 0 Å². The molecule has 0 amide bonds. The fourth-order valence-corrected chi connectivity index (χ4v) is 2.40. The fourth-order valence-electron chi connectivity index (χ4n) is 2.20. The van der Waals surface area contributed by atoms with Crippen molar-refractivity contribution in [2.45, 2.75) is 26.9 Å². The second-order valence-electron chi connectivity index (χ2n) is 4.96. The minimum atomic E-state index is 0.710. The van der Waals surface area contributed by atoms with Gasteiger partial charge in [-0.2, -0.15) is 5.10 Å². The summed E-state index contributed by atoms with van der Waals surface area (Å²) < 4.78 is 1.98. The molecule has 0 spiro atoms. The van der Waals surface area contributed by atoms with Gasteiger partial charge >= 0.3 is 0 Å². The first-order valence-corrected chi connectivity index (χ1v) is 7.82. The molecular formula is C16H23ClN4. The van der Waals surface area contributed by atoms with E-state index in [1.54, 1.807) is 0 Å². The Morgan fingerprint density at radius 2 is 2.00 bits per heavy atom. The maximum absolute atomic E-state index is 6.15. The van der Waals surface area contributed by atoms with Crippen LogP contribution in [-0.4, -0.2) is 34.3 Å². The predicted molar refractivity (Wildman–Crippen MR) is 88.8 cm³/mol. The SMILES string of the molecule is CCN(CC)CCn1cc(NCc2ccccc2Cl)cn1. The van der Waals surface area contributed by atoms with E-state index in [9.17, 15) is 0 Å². The Morgan fingerprint density at radius 1 is 1.24 bits per heavy atom. The second-order valence-corrected chi connectivity index (χ2v) is 5.37. The topological polar surface area (TPSA) is 33.1 Å². The van der Waals surface area contributed by atoms with Gasteiger partial charge in [-0.25, -0.2) is 0 Å². The van der Waals surface area contributed by atoms with E-state index in [0.29, 0.717) is 6.54 Å². The molecule has 0 fully saturated rings. The van der Waals surface area contributed by atoms with E-state index in [0.717, 1.165) is 42.5 Å². The molecule has 0 unspecified atom stereocenters. The number of hydrogen-bond donors (Lipinski definition) is 1. The van der Waals surface area contributed by atoms with Gasteiger partial charge in [0.1, 0.15) is 0 Å². The van der Waals surface area contributed by atoms with Crippen molar-refractivity contribution in [2.75, 3.05) is 25.0 Å². The molecule has 1 N–H and O–H groups in total. The average Bonchev–Trinajstić information content (AvgIpc) is 2.95. The van der Waals surface area contributed by atoms with Crippen LogP contribution in [0.25, 0.3) is 0 Å². The molecule has 2 aromatic rings. The summed E-state index contributed by atoms with van der Waals surface area (Å²) in [5.41, 5.74) is 2.12. The first kappa shape index (κ1) is 15.9. The van der Waals surface area contributed by atoms with Gasteiger partial charge in [-0.15, -0.1) is 0 Å². The Kier molecular flexibility index (Phi) is 6.08. The number of hydrogen-bond acceptors (Lipinski definition) is 3. The molecule has 5 heteroatoms. The molecule has 4 nitrogen and oxygen atoms in total. The van der Waals surface area contributed by atoms with Gasteiger partial charge in [-0.3, -0.25) is 4.68 Å². The lowest BCUT2D eigenvalue weighted by Crippen LogP contribution is -2.27. The third-order valence-electron chi connectivity index (χ3n) is 3.61. The molecule has 0 saturated carbocycles. The Hall–Kier alpha value is -1.52. The standard InChI is InChI=1S/C16H23ClN4/c1-3-20(4-2)9-10-21-13-15(12-19-21)18-11-14-7-5-6-8-16(14)17/h5-8,12-13,18H,3-4,9-11H2,1-2H3. The summed E-state index contributed by atoms with van der Waals surface area (Å²) >= 11 is 6.15. The molecule has 0 aliphatic carbocycles. The quantitative estimate of drug-likeness (QED) is 0.810. The van der Waals surface area contributed by atoms with Crippen molar-refractivity contribution in [3.63, 3.8) is 0 Å². The number of likely N-dealkylation sites (N-methyl/N-ethyl adjacent to an activating group) is 1. The van der Waals surface area contributed by atoms with Gasteiger partial charge < -0.3 is 10.2 Å². The summed E-state index contributed by atoms with van der Waals surface area (Å²) in [5, 5.41) is 8.53. The van der Waals surface area contributed by atoms with Crippen LogP contribution in [0.5, 0.6) is 0 Å². The third kappa shape index (κ3) is 4.76. The van der Waals surface area contributed by atoms with Gasteiger partial charge in [0, 0.05) is 24.3 Å². The number of anilines is 1. The van der Waals surface area contributed by atoms with Crippen LogP contribution in [0.4, 0.5) is 5.69 Å². The van der Waals surface area contributed by atoms with Crippen molar-refractivity contribution in [1.82, 2.24) is 14.7 Å². The fraction of sp³-hybridized carbons (Fsp3) is 0.438. The van der Waals surface area contributed by atoms with Gasteiger partial charge in [-0.1, -0.05) is 43.6 Å². The lowest BCUT2D eigenvalue weighted by atomic mass is 10.2. The van der Waals surface area contributed by atoms with Crippen molar-refractivity contribution in [3.05, 3.63) is 47.2 Å². The molecule has 0 atom stereocenters. The van der Waals surface area contributed by atoms with Crippen molar-refractivity contribution in [1.29, 1.82) is 0 Å². The highest BCUT2D eigenvalue weighted by Gasteiger charge is 2.03. The van der Waals surface area contributed by atoms with Gasteiger partial charge in [0.05, 0.1) is 18.4 Å². The number of aromatic nitrogens is 2. The summed E-state index contributed by atoms with van der Waals surface area (Å²) in [6, 6.07) is 7.87. The summed E-state index contributed by atoms with van der Waals surface area (Å²) in [6.45, 7) is 9.17. The number of rotatable bonds is 8. The minimum Gasteiger partial charge on any atom is -0.378 e. The van der Waals surface area contributed by atoms with Crippen molar-refractivity contribution >= 4 is 17.3 Å². The predicted octanol–water partition coefficient (Wildman–Crippen LogP) is 3.49. The van der Waals surface area contributed by atoms with Crippen LogP contribution in [0.15, 0.2) is 36.7 Å². The highest BCUT2D eigenvalue weighted by Crippen LogP contribution is 2.16. The smallest absolute Gasteiger partial charge is 0.0729 e. The first-order chi connectivity index (χ1) is 10.2. The molecule has 2 rings (SSSR count). The monoisotopic (exact) mass is 306 g/mol.